The topological polar surface area (TPSA) is 112 Å². The van der Waals surface area contributed by atoms with Crippen molar-refractivity contribution in [1.29, 1.82) is 0 Å². The minimum atomic E-state index is -2.35. The lowest BCUT2D eigenvalue weighted by molar-refractivity contribution is -0.157. The first kappa shape index (κ1) is 11.5. The molecule has 82 valence electrons. The van der Waals surface area contributed by atoms with E-state index in [1.165, 1.54) is 0 Å². The van der Waals surface area contributed by atoms with Crippen molar-refractivity contribution in [3.63, 3.8) is 0 Å². The predicted octanol–water partition coefficient (Wildman–Crippen LogP) is -1.49. The molecule has 0 heterocycles. The van der Waals surface area contributed by atoms with Crippen LogP contribution < -0.4 is 0 Å². The molecule has 0 amide bonds. The number of carbonyl (C=O) groups is 3. The van der Waals surface area contributed by atoms with Crippen LogP contribution in [0.15, 0.2) is 11.8 Å². The normalized spacial score (nSPS) is 40.4. The Morgan fingerprint density at radius 1 is 1.27 bits per heavy atom. The number of aliphatic hydroxyl groups is 3. The summed E-state index contributed by atoms with van der Waals surface area (Å²) in [4.78, 5) is 31.9. The van der Waals surface area contributed by atoms with E-state index in [0.29, 0.717) is 0 Å². The molecule has 3 N–H and O–H groups in total. The lowest BCUT2D eigenvalue weighted by Gasteiger charge is -2.38. The molecular formula is C9H10O6. The first-order valence-electron chi connectivity index (χ1n) is 4.15. The van der Waals surface area contributed by atoms with Crippen molar-refractivity contribution in [1.82, 2.24) is 0 Å². The molecule has 1 aliphatic carbocycles. The second-order valence-electron chi connectivity index (χ2n) is 3.54. The van der Waals surface area contributed by atoms with Crippen LogP contribution in [0.1, 0.15) is 6.42 Å². The summed E-state index contributed by atoms with van der Waals surface area (Å²) in [6, 6.07) is 0. The second kappa shape index (κ2) is 3.56. The third-order valence-corrected chi connectivity index (χ3v) is 2.43. The van der Waals surface area contributed by atoms with Gasteiger partial charge in [0.15, 0.2) is 18.2 Å². The molecule has 0 saturated carbocycles. The first-order valence-corrected chi connectivity index (χ1v) is 4.15. The number of rotatable bonds is 3. The van der Waals surface area contributed by atoms with E-state index in [4.69, 9.17) is 5.11 Å². The molecule has 0 radical (unpaired) electrons. The maximum Gasteiger partial charge on any atom is 0.156 e. The van der Waals surface area contributed by atoms with Crippen LogP contribution in [0, 0.1) is 5.92 Å². The molecule has 3 unspecified atom stereocenters. The maximum atomic E-state index is 10.7. The van der Waals surface area contributed by atoms with Crippen molar-refractivity contribution in [3.8, 4) is 0 Å². The van der Waals surface area contributed by atoms with E-state index in [0.717, 1.165) is 6.08 Å². The lowest BCUT2D eigenvalue weighted by Crippen LogP contribution is -2.56. The summed E-state index contributed by atoms with van der Waals surface area (Å²) < 4.78 is 0. The zero-order valence-electron chi connectivity index (χ0n) is 7.66. The van der Waals surface area contributed by atoms with E-state index >= 15 is 0 Å². The van der Waals surface area contributed by atoms with Crippen LogP contribution in [-0.4, -0.2) is 45.4 Å². The molecule has 1 aliphatic rings. The van der Waals surface area contributed by atoms with Crippen molar-refractivity contribution in [2.75, 3.05) is 0 Å². The fraction of sp³-hybridized carbons (Fsp3) is 0.444. The fourth-order valence-electron chi connectivity index (χ4n) is 1.66. The summed E-state index contributed by atoms with van der Waals surface area (Å²) in [6.07, 6.45) is 0.387. The highest BCUT2D eigenvalue weighted by Crippen LogP contribution is 2.35. The van der Waals surface area contributed by atoms with Crippen LogP contribution in [0.4, 0.5) is 0 Å². The Morgan fingerprint density at radius 2 is 1.87 bits per heavy atom. The van der Waals surface area contributed by atoms with E-state index in [9.17, 15) is 24.6 Å². The van der Waals surface area contributed by atoms with Gasteiger partial charge in [0.2, 0.25) is 0 Å². The molecule has 0 bridgehead atoms. The minimum Gasteiger partial charge on any atom is -0.512 e. The maximum absolute atomic E-state index is 10.7. The van der Waals surface area contributed by atoms with Gasteiger partial charge in [-0.1, -0.05) is 0 Å². The van der Waals surface area contributed by atoms with E-state index in [1.807, 2.05) is 0 Å². The van der Waals surface area contributed by atoms with Crippen LogP contribution in [0.25, 0.3) is 0 Å². The Kier molecular flexibility index (Phi) is 2.74. The lowest BCUT2D eigenvalue weighted by atomic mass is 9.71. The summed E-state index contributed by atoms with van der Waals surface area (Å²) in [5.74, 6) is -2.13. The average Bonchev–Trinajstić information content (AvgIpc) is 2.17. The number of hydrogen-bond donors (Lipinski definition) is 3. The monoisotopic (exact) mass is 214 g/mol. The standard InChI is InChI=1S/C9H10O6/c10-3-7-8(14,4-11)1-6(13)2-9(7,15)5-12/h1,3-5,7,13-15H,2H2. The van der Waals surface area contributed by atoms with Crippen molar-refractivity contribution in [2.24, 2.45) is 5.92 Å². The van der Waals surface area contributed by atoms with Crippen LogP contribution in [0.5, 0.6) is 0 Å². The van der Waals surface area contributed by atoms with Crippen LogP contribution >= 0.6 is 0 Å². The Morgan fingerprint density at radius 3 is 2.27 bits per heavy atom. The van der Waals surface area contributed by atoms with Crippen molar-refractivity contribution in [3.05, 3.63) is 11.8 Å². The highest BCUT2D eigenvalue weighted by atomic mass is 16.3. The zero-order valence-corrected chi connectivity index (χ0v) is 7.66. The molecule has 6 nitrogen and oxygen atoms in total. The highest BCUT2D eigenvalue weighted by Gasteiger charge is 2.53. The molecule has 0 aliphatic heterocycles. The number of aliphatic hydroxyl groups excluding tert-OH is 1. The quantitative estimate of drug-likeness (QED) is 0.493. The van der Waals surface area contributed by atoms with Crippen molar-refractivity contribution in [2.45, 2.75) is 17.6 Å². The minimum absolute atomic E-state index is 0.00405. The summed E-state index contributed by atoms with van der Waals surface area (Å²) >= 11 is 0. The van der Waals surface area contributed by atoms with Gasteiger partial charge in [-0.2, -0.15) is 0 Å². The van der Waals surface area contributed by atoms with Gasteiger partial charge in [-0.05, 0) is 6.08 Å². The molecule has 15 heavy (non-hydrogen) atoms. The van der Waals surface area contributed by atoms with Gasteiger partial charge in [0.1, 0.15) is 11.9 Å². The third-order valence-electron chi connectivity index (χ3n) is 2.43. The molecular weight excluding hydrogens is 204 g/mol. The Balaban J connectivity index is 3.31. The van der Waals surface area contributed by atoms with Gasteiger partial charge in [-0.25, -0.2) is 0 Å². The number of carbonyl (C=O) groups excluding carboxylic acids is 3. The Bertz CT molecular complexity index is 335. The van der Waals surface area contributed by atoms with Crippen molar-refractivity contribution >= 4 is 18.9 Å². The molecule has 6 heteroatoms. The van der Waals surface area contributed by atoms with E-state index in [1.54, 1.807) is 0 Å². The summed E-state index contributed by atoms with van der Waals surface area (Å²) in [6.45, 7) is 0. The molecule has 0 aromatic carbocycles. The van der Waals surface area contributed by atoms with Gasteiger partial charge in [0, 0.05) is 6.42 Å². The summed E-state index contributed by atoms with van der Waals surface area (Å²) in [7, 11) is 0. The smallest absolute Gasteiger partial charge is 0.156 e. The number of aldehydes is 3. The molecule has 0 aromatic heterocycles. The molecule has 0 saturated heterocycles. The molecule has 1 rings (SSSR count). The van der Waals surface area contributed by atoms with Crippen LogP contribution in [0.3, 0.4) is 0 Å². The van der Waals surface area contributed by atoms with Gasteiger partial charge < -0.3 is 24.9 Å². The molecule has 0 aromatic rings. The molecule has 0 spiro atoms. The Hall–Kier alpha value is -1.53. The van der Waals surface area contributed by atoms with Gasteiger partial charge in [0.25, 0.3) is 0 Å². The summed E-state index contributed by atoms with van der Waals surface area (Å²) in [5.41, 5.74) is -4.60. The van der Waals surface area contributed by atoms with E-state index in [-0.39, 0.29) is 18.9 Å². The largest absolute Gasteiger partial charge is 0.512 e. The predicted molar refractivity (Wildman–Crippen MR) is 46.9 cm³/mol. The van der Waals surface area contributed by atoms with E-state index < -0.39 is 29.3 Å². The van der Waals surface area contributed by atoms with Gasteiger partial charge in [-0.3, -0.25) is 4.79 Å². The highest BCUT2D eigenvalue weighted by molar-refractivity contribution is 5.82. The zero-order chi connectivity index (χ0) is 11.7. The van der Waals surface area contributed by atoms with Gasteiger partial charge in [0.05, 0.1) is 11.7 Å². The Labute approximate surface area is 84.8 Å². The van der Waals surface area contributed by atoms with Crippen molar-refractivity contribution < 1.29 is 29.7 Å². The summed E-state index contributed by atoms with van der Waals surface area (Å²) in [5, 5.41) is 28.4. The van der Waals surface area contributed by atoms with E-state index in [2.05, 4.69) is 0 Å². The third kappa shape index (κ3) is 1.69. The molecule has 3 atom stereocenters. The van der Waals surface area contributed by atoms with Crippen LogP contribution in [0.2, 0.25) is 0 Å². The number of hydrogen-bond acceptors (Lipinski definition) is 6. The fourth-order valence-corrected chi connectivity index (χ4v) is 1.66. The molecule has 0 fully saturated rings. The SMILES string of the molecule is O=CC1C(O)(C=O)C=C(O)CC1(O)C=O. The average molecular weight is 214 g/mol. The van der Waals surface area contributed by atoms with Gasteiger partial charge >= 0.3 is 0 Å². The first-order chi connectivity index (χ1) is 6.91. The van der Waals surface area contributed by atoms with Crippen LogP contribution in [-0.2, 0) is 14.4 Å². The second-order valence-corrected chi connectivity index (χ2v) is 3.54. The van der Waals surface area contributed by atoms with Gasteiger partial charge in [-0.15, -0.1) is 0 Å².